The van der Waals surface area contributed by atoms with E-state index in [4.69, 9.17) is 0 Å². The van der Waals surface area contributed by atoms with Crippen LogP contribution >= 0.6 is 15.9 Å². The van der Waals surface area contributed by atoms with E-state index in [1.165, 1.54) is 11.1 Å². The summed E-state index contributed by atoms with van der Waals surface area (Å²) in [7, 11) is 0. The summed E-state index contributed by atoms with van der Waals surface area (Å²) in [5.41, 5.74) is 2.77. The Labute approximate surface area is 95.2 Å². The first-order valence-corrected chi connectivity index (χ1v) is 6.21. The molecule has 0 radical (unpaired) electrons. The number of benzene rings is 1. The molecule has 0 N–H and O–H groups in total. The molecule has 0 fully saturated rings. The van der Waals surface area contributed by atoms with Crippen molar-refractivity contribution in [3.63, 3.8) is 0 Å². The molecule has 1 heteroatoms. The molecule has 0 aliphatic heterocycles. The van der Waals surface area contributed by atoms with Crippen LogP contribution in [0.1, 0.15) is 24.0 Å². The van der Waals surface area contributed by atoms with Crippen LogP contribution in [0.25, 0.3) is 0 Å². The van der Waals surface area contributed by atoms with Crippen LogP contribution in [0.15, 0.2) is 36.4 Å². The Balaban J connectivity index is 2.28. The van der Waals surface area contributed by atoms with E-state index in [9.17, 15) is 0 Å². The van der Waals surface area contributed by atoms with E-state index < -0.39 is 0 Å². The average Bonchev–Trinajstić information content (AvgIpc) is 2.21. The molecule has 0 spiro atoms. The molecule has 0 nitrogen and oxygen atoms in total. The van der Waals surface area contributed by atoms with E-state index in [0.717, 1.165) is 24.6 Å². The average molecular weight is 253 g/mol. The summed E-state index contributed by atoms with van der Waals surface area (Å²) in [5, 5.41) is 1.06. The number of halogens is 1. The molecular formula is C13H17Br. The molecule has 0 saturated heterocycles. The van der Waals surface area contributed by atoms with E-state index in [1.54, 1.807) is 0 Å². The first kappa shape index (κ1) is 11.5. The third kappa shape index (κ3) is 4.61. The van der Waals surface area contributed by atoms with Crippen molar-refractivity contribution in [2.45, 2.75) is 26.2 Å². The van der Waals surface area contributed by atoms with Gasteiger partial charge in [0.25, 0.3) is 0 Å². The van der Waals surface area contributed by atoms with Crippen molar-refractivity contribution in [3.8, 4) is 0 Å². The Morgan fingerprint density at radius 3 is 2.36 bits per heavy atom. The lowest BCUT2D eigenvalue weighted by Gasteiger charge is -1.98. The van der Waals surface area contributed by atoms with Crippen LogP contribution < -0.4 is 0 Å². The summed E-state index contributed by atoms with van der Waals surface area (Å²) < 4.78 is 0. The van der Waals surface area contributed by atoms with Gasteiger partial charge in [0.05, 0.1) is 0 Å². The highest BCUT2D eigenvalue weighted by atomic mass is 79.9. The van der Waals surface area contributed by atoms with Crippen LogP contribution in [-0.4, -0.2) is 5.33 Å². The zero-order chi connectivity index (χ0) is 10.2. The summed E-state index contributed by atoms with van der Waals surface area (Å²) in [6, 6.07) is 8.79. The Kier molecular flexibility index (Phi) is 5.62. The van der Waals surface area contributed by atoms with Gasteiger partial charge >= 0.3 is 0 Å². The van der Waals surface area contributed by atoms with Crippen LogP contribution in [0.5, 0.6) is 0 Å². The first-order valence-electron chi connectivity index (χ1n) is 5.09. The molecule has 0 aliphatic rings. The molecule has 1 rings (SSSR count). The van der Waals surface area contributed by atoms with Gasteiger partial charge in [0, 0.05) is 5.33 Å². The lowest BCUT2D eigenvalue weighted by Crippen LogP contribution is -1.83. The fourth-order valence-corrected chi connectivity index (χ4v) is 1.57. The van der Waals surface area contributed by atoms with Crippen molar-refractivity contribution in [2.75, 3.05) is 5.33 Å². The SMILES string of the molecule is Cc1ccc(CC/C=C/CCBr)cc1. The third-order valence-electron chi connectivity index (χ3n) is 2.16. The summed E-state index contributed by atoms with van der Waals surface area (Å²) in [6.07, 6.45) is 7.94. The second-order valence-corrected chi connectivity index (χ2v) is 4.27. The largest absolute Gasteiger partial charge is 0.0925 e. The lowest BCUT2D eigenvalue weighted by molar-refractivity contribution is 0.992. The third-order valence-corrected chi connectivity index (χ3v) is 2.62. The van der Waals surface area contributed by atoms with Crippen molar-refractivity contribution in [1.82, 2.24) is 0 Å². The van der Waals surface area contributed by atoms with Crippen molar-refractivity contribution < 1.29 is 0 Å². The zero-order valence-electron chi connectivity index (χ0n) is 8.67. The Bertz CT molecular complexity index is 272. The van der Waals surface area contributed by atoms with E-state index in [2.05, 4.69) is 59.3 Å². The molecule has 0 aliphatic carbocycles. The molecule has 0 unspecified atom stereocenters. The van der Waals surface area contributed by atoms with Crippen LogP contribution in [0.4, 0.5) is 0 Å². The molecular weight excluding hydrogens is 236 g/mol. The van der Waals surface area contributed by atoms with Gasteiger partial charge < -0.3 is 0 Å². The number of allylic oxidation sites excluding steroid dienone is 2. The van der Waals surface area contributed by atoms with Gasteiger partial charge in [-0.1, -0.05) is 57.9 Å². The van der Waals surface area contributed by atoms with Crippen LogP contribution in [-0.2, 0) is 6.42 Å². The van der Waals surface area contributed by atoms with Crippen molar-refractivity contribution in [2.24, 2.45) is 0 Å². The minimum Gasteiger partial charge on any atom is -0.0925 e. The van der Waals surface area contributed by atoms with Gasteiger partial charge in [-0.3, -0.25) is 0 Å². The first-order chi connectivity index (χ1) is 6.83. The normalized spacial score (nSPS) is 11.0. The lowest BCUT2D eigenvalue weighted by atomic mass is 10.1. The van der Waals surface area contributed by atoms with Crippen LogP contribution in [0.2, 0.25) is 0 Å². The minimum absolute atomic E-state index is 1.06. The molecule has 0 amide bonds. The Morgan fingerprint density at radius 1 is 1.07 bits per heavy atom. The molecule has 0 atom stereocenters. The highest BCUT2D eigenvalue weighted by Gasteiger charge is 1.89. The topological polar surface area (TPSA) is 0 Å². The minimum atomic E-state index is 1.06. The smallest absolute Gasteiger partial charge is 0.00659 e. The predicted molar refractivity (Wildman–Crippen MR) is 67.1 cm³/mol. The number of alkyl halides is 1. The Hall–Kier alpha value is -0.560. The zero-order valence-corrected chi connectivity index (χ0v) is 10.3. The highest BCUT2D eigenvalue weighted by molar-refractivity contribution is 9.09. The van der Waals surface area contributed by atoms with E-state index >= 15 is 0 Å². The Morgan fingerprint density at radius 2 is 1.71 bits per heavy atom. The molecule has 0 aromatic heterocycles. The number of rotatable bonds is 5. The molecule has 1 aromatic rings. The van der Waals surface area contributed by atoms with E-state index in [1.807, 2.05) is 0 Å². The van der Waals surface area contributed by atoms with Gasteiger partial charge in [0.2, 0.25) is 0 Å². The van der Waals surface area contributed by atoms with E-state index in [0.29, 0.717) is 0 Å². The number of aryl methyl sites for hydroxylation is 2. The van der Waals surface area contributed by atoms with Gasteiger partial charge in [0.15, 0.2) is 0 Å². The molecule has 14 heavy (non-hydrogen) atoms. The standard InChI is InChI=1S/C13H17Br/c1-12-7-9-13(10-8-12)6-4-2-3-5-11-14/h2-3,7-10H,4-6,11H2,1H3/b3-2+. The van der Waals surface area contributed by atoms with Crippen LogP contribution in [0, 0.1) is 6.92 Å². The maximum Gasteiger partial charge on any atom is 0.00659 e. The fraction of sp³-hybridized carbons (Fsp3) is 0.385. The summed E-state index contributed by atoms with van der Waals surface area (Å²) >= 11 is 3.40. The number of hydrogen-bond donors (Lipinski definition) is 0. The van der Waals surface area contributed by atoms with Crippen molar-refractivity contribution in [3.05, 3.63) is 47.5 Å². The van der Waals surface area contributed by atoms with E-state index in [-0.39, 0.29) is 0 Å². The molecule has 0 bridgehead atoms. The summed E-state index contributed by atoms with van der Waals surface area (Å²) in [6.45, 7) is 2.12. The second-order valence-electron chi connectivity index (χ2n) is 3.47. The second kappa shape index (κ2) is 6.83. The quantitative estimate of drug-likeness (QED) is 0.543. The maximum atomic E-state index is 3.40. The predicted octanol–water partition coefficient (Wildman–Crippen LogP) is 4.27. The van der Waals surface area contributed by atoms with Gasteiger partial charge in [0.1, 0.15) is 0 Å². The summed E-state index contributed by atoms with van der Waals surface area (Å²) in [5.74, 6) is 0. The van der Waals surface area contributed by atoms with Gasteiger partial charge in [-0.2, -0.15) is 0 Å². The van der Waals surface area contributed by atoms with Gasteiger partial charge in [-0.05, 0) is 31.7 Å². The van der Waals surface area contributed by atoms with Gasteiger partial charge in [-0.15, -0.1) is 0 Å². The maximum absolute atomic E-state index is 3.40. The van der Waals surface area contributed by atoms with Gasteiger partial charge in [-0.25, -0.2) is 0 Å². The molecule has 1 aromatic carbocycles. The molecule has 0 saturated carbocycles. The summed E-state index contributed by atoms with van der Waals surface area (Å²) in [4.78, 5) is 0. The molecule has 0 heterocycles. The monoisotopic (exact) mass is 252 g/mol. The highest BCUT2D eigenvalue weighted by Crippen LogP contribution is 2.06. The molecule has 76 valence electrons. The van der Waals surface area contributed by atoms with Crippen LogP contribution in [0.3, 0.4) is 0 Å². The fourth-order valence-electron chi connectivity index (χ4n) is 1.30. The number of hydrogen-bond acceptors (Lipinski definition) is 0. The van der Waals surface area contributed by atoms with Crippen molar-refractivity contribution in [1.29, 1.82) is 0 Å². The van der Waals surface area contributed by atoms with Crippen molar-refractivity contribution >= 4 is 15.9 Å².